The van der Waals surface area contributed by atoms with Gasteiger partial charge in [0, 0.05) is 11.8 Å². The number of ether oxygens (including phenoxy) is 2. The molecular weight excluding hydrogens is 300 g/mol. The van der Waals surface area contributed by atoms with Crippen LogP contribution in [0.1, 0.15) is 67.7 Å². The van der Waals surface area contributed by atoms with E-state index in [0.717, 1.165) is 26.1 Å². The average Bonchev–Trinajstić information content (AvgIpc) is 3.15. The zero-order valence-corrected chi connectivity index (χ0v) is 14.8. The second kappa shape index (κ2) is 5.06. The highest BCUT2D eigenvalue weighted by atomic mass is 16.7. The smallest absolute Gasteiger partial charge is 0.174 e. The lowest BCUT2D eigenvalue weighted by Gasteiger charge is -2.53. The summed E-state index contributed by atoms with van der Waals surface area (Å²) >= 11 is 0. The Hall–Kier alpha value is -0.900. The molecule has 5 atom stereocenters. The Balaban J connectivity index is 1.54. The van der Waals surface area contributed by atoms with E-state index in [0.29, 0.717) is 17.8 Å². The molecule has 3 heteroatoms. The topological polar surface area (TPSA) is 38.7 Å². The van der Waals surface area contributed by atoms with E-state index in [-0.39, 0.29) is 17.3 Å². The molecule has 130 valence electrons. The van der Waals surface area contributed by atoms with Gasteiger partial charge in [0.15, 0.2) is 5.79 Å². The van der Waals surface area contributed by atoms with E-state index < -0.39 is 0 Å². The fraction of sp³-hybridized carbons (Fsp3) is 0.714. The summed E-state index contributed by atoms with van der Waals surface area (Å²) in [5.74, 6) is 1.40. The van der Waals surface area contributed by atoms with Crippen molar-refractivity contribution >= 4 is 0 Å². The number of aliphatic hydroxyl groups is 1. The Morgan fingerprint density at radius 1 is 1.08 bits per heavy atom. The molecule has 0 amide bonds. The van der Waals surface area contributed by atoms with Crippen LogP contribution in [-0.4, -0.2) is 24.1 Å². The number of rotatable bonds is 0. The maximum Gasteiger partial charge on any atom is 0.174 e. The molecule has 3 nitrogen and oxygen atoms in total. The van der Waals surface area contributed by atoms with Crippen molar-refractivity contribution in [2.75, 3.05) is 13.2 Å². The van der Waals surface area contributed by atoms with Crippen LogP contribution in [-0.2, 0) is 9.47 Å². The van der Waals surface area contributed by atoms with Gasteiger partial charge in [-0.1, -0.05) is 30.7 Å². The van der Waals surface area contributed by atoms with Crippen molar-refractivity contribution in [2.24, 2.45) is 17.3 Å². The van der Waals surface area contributed by atoms with Gasteiger partial charge in [-0.05, 0) is 61.5 Å². The van der Waals surface area contributed by atoms with Gasteiger partial charge in [0.1, 0.15) is 0 Å². The van der Waals surface area contributed by atoms with Gasteiger partial charge in [0.05, 0.1) is 19.3 Å². The second-order valence-corrected chi connectivity index (χ2v) is 8.71. The number of benzene rings is 1. The van der Waals surface area contributed by atoms with Crippen LogP contribution < -0.4 is 0 Å². The quantitative estimate of drug-likeness (QED) is 0.780. The summed E-state index contributed by atoms with van der Waals surface area (Å²) in [7, 11) is 0. The number of fused-ring (bicyclic) bond motifs is 6. The minimum absolute atomic E-state index is 0.104. The zero-order valence-electron chi connectivity index (χ0n) is 14.8. The maximum absolute atomic E-state index is 10.8. The molecule has 1 aliphatic heterocycles. The highest BCUT2D eigenvalue weighted by molar-refractivity contribution is 5.39. The summed E-state index contributed by atoms with van der Waals surface area (Å²) in [5.41, 5.74) is 3.94. The standard InChI is InChI=1S/C21H28O3/c1-13-3-4-14-15-5-7-20(2)18(6-8-21(20)23-9-10-24-21)16(15)12-19(22)17(14)11-13/h3-4,11,15-16,18-19,22H,5-10,12H2,1-2H3/t15?,16?,18?,19-,20-/m0/s1. The van der Waals surface area contributed by atoms with Crippen molar-refractivity contribution in [2.45, 2.75) is 63.8 Å². The van der Waals surface area contributed by atoms with E-state index in [1.54, 1.807) is 0 Å². The summed E-state index contributed by atoms with van der Waals surface area (Å²) in [5, 5.41) is 10.8. The predicted molar refractivity (Wildman–Crippen MR) is 91.7 cm³/mol. The first-order valence-corrected chi connectivity index (χ1v) is 9.60. The minimum atomic E-state index is -0.346. The minimum Gasteiger partial charge on any atom is -0.388 e. The van der Waals surface area contributed by atoms with Gasteiger partial charge in [0.25, 0.3) is 0 Å². The summed E-state index contributed by atoms with van der Waals surface area (Å²) in [4.78, 5) is 0. The number of aryl methyl sites for hydroxylation is 1. The van der Waals surface area contributed by atoms with Crippen LogP contribution in [0.3, 0.4) is 0 Å². The average molecular weight is 328 g/mol. The third-order valence-corrected chi connectivity index (χ3v) is 7.73. The molecule has 0 aromatic heterocycles. The Bertz CT molecular complexity index is 663. The Labute approximate surface area is 144 Å². The molecule has 0 radical (unpaired) electrons. The number of aliphatic hydroxyl groups excluding tert-OH is 1. The first-order chi connectivity index (χ1) is 11.5. The van der Waals surface area contributed by atoms with Crippen LogP contribution in [0.15, 0.2) is 18.2 Å². The molecule has 4 aliphatic rings. The van der Waals surface area contributed by atoms with E-state index in [1.165, 1.54) is 36.0 Å². The fourth-order valence-electron chi connectivity index (χ4n) is 6.59. The third-order valence-electron chi connectivity index (χ3n) is 7.73. The molecule has 1 aromatic carbocycles. The Morgan fingerprint density at radius 2 is 1.88 bits per heavy atom. The van der Waals surface area contributed by atoms with Gasteiger partial charge in [-0.15, -0.1) is 0 Å². The van der Waals surface area contributed by atoms with Crippen molar-refractivity contribution < 1.29 is 14.6 Å². The third kappa shape index (κ3) is 1.84. The van der Waals surface area contributed by atoms with Gasteiger partial charge in [-0.2, -0.15) is 0 Å². The van der Waals surface area contributed by atoms with E-state index in [1.807, 2.05) is 0 Å². The van der Waals surface area contributed by atoms with Crippen molar-refractivity contribution in [1.29, 1.82) is 0 Å². The molecule has 0 bridgehead atoms. The molecule has 3 fully saturated rings. The van der Waals surface area contributed by atoms with Crippen LogP contribution >= 0.6 is 0 Å². The van der Waals surface area contributed by atoms with E-state index >= 15 is 0 Å². The zero-order chi connectivity index (χ0) is 16.5. The van der Waals surface area contributed by atoms with Crippen molar-refractivity contribution in [3.63, 3.8) is 0 Å². The van der Waals surface area contributed by atoms with Gasteiger partial charge in [-0.25, -0.2) is 0 Å². The molecule has 1 saturated heterocycles. The van der Waals surface area contributed by atoms with Crippen LogP contribution in [0.25, 0.3) is 0 Å². The molecule has 1 spiro atoms. The molecular formula is C21H28O3. The lowest BCUT2D eigenvalue weighted by molar-refractivity contribution is -0.237. The van der Waals surface area contributed by atoms with E-state index in [9.17, 15) is 5.11 Å². The summed E-state index contributed by atoms with van der Waals surface area (Å²) in [6.45, 7) is 5.98. The SMILES string of the molecule is Cc1ccc2c(c1)[C@@H](O)CC1C2CC[C@@]2(C)C1CCC21OCCO1. The van der Waals surface area contributed by atoms with Crippen molar-refractivity contribution in [3.8, 4) is 0 Å². The van der Waals surface area contributed by atoms with E-state index in [4.69, 9.17) is 9.47 Å². The van der Waals surface area contributed by atoms with Gasteiger partial charge in [-0.3, -0.25) is 0 Å². The summed E-state index contributed by atoms with van der Waals surface area (Å²) in [6, 6.07) is 6.69. The monoisotopic (exact) mass is 328 g/mol. The number of hydrogen-bond acceptors (Lipinski definition) is 3. The van der Waals surface area contributed by atoms with Gasteiger partial charge in [0.2, 0.25) is 0 Å². The van der Waals surface area contributed by atoms with Crippen molar-refractivity contribution in [1.82, 2.24) is 0 Å². The van der Waals surface area contributed by atoms with Gasteiger partial charge >= 0.3 is 0 Å². The van der Waals surface area contributed by atoms with Gasteiger partial charge < -0.3 is 14.6 Å². The molecule has 3 aliphatic carbocycles. The first-order valence-electron chi connectivity index (χ1n) is 9.60. The predicted octanol–water partition coefficient (Wildman–Crippen LogP) is 4.09. The van der Waals surface area contributed by atoms with E-state index in [2.05, 4.69) is 32.0 Å². The normalized spacial score (nSPS) is 42.6. The summed E-state index contributed by atoms with van der Waals surface area (Å²) in [6.07, 6.45) is 5.14. The first kappa shape index (κ1) is 15.4. The highest BCUT2D eigenvalue weighted by Crippen LogP contribution is 2.66. The lowest BCUT2D eigenvalue weighted by atomic mass is 9.54. The molecule has 1 heterocycles. The second-order valence-electron chi connectivity index (χ2n) is 8.71. The molecule has 1 N–H and O–H groups in total. The lowest BCUT2D eigenvalue weighted by Crippen LogP contribution is -2.51. The molecule has 5 rings (SSSR count). The Kier molecular flexibility index (Phi) is 3.24. The van der Waals surface area contributed by atoms with Crippen LogP contribution in [0.4, 0.5) is 0 Å². The molecule has 3 unspecified atom stereocenters. The number of hydrogen-bond donors (Lipinski definition) is 1. The van der Waals surface area contributed by atoms with Crippen LogP contribution in [0, 0.1) is 24.2 Å². The molecule has 24 heavy (non-hydrogen) atoms. The largest absolute Gasteiger partial charge is 0.388 e. The maximum atomic E-state index is 10.8. The molecule has 2 saturated carbocycles. The van der Waals surface area contributed by atoms with Crippen LogP contribution in [0.2, 0.25) is 0 Å². The summed E-state index contributed by atoms with van der Waals surface area (Å²) < 4.78 is 12.4. The molecule has 1 aromatic rings. The fourth-order valence-corrected chi connectivity index (χ4v) is 6.59. The van der Waals surface area contributed by atoms with Crippen LogP contribution in [0.5, 0.6) is 0 Å². The van der Waals surface area contributed by atoms with Crippen molar-refractivity contribution in [3.05, 3.63) is 34.9 Å². The Morgan fingerprint density at radius 3 is 2.67 bits per heavy atom. The highest BCUT2D eigenvalue weighted by Gasteiger charge is 2.65.